The third kappa shape index (κ3) is 62.2. The van der Waals surface area contributed by atoms with Crippen LogP contribution in [0.25, 0.3) is 0 Å². The number of esters is 2. The molecule has 0 fully saturated rings. The van der Waals surface area contributed by atoms with Crippen LogP contribution in [0.2, 0.25) is 0 Å². The van der Waals surface area contributed by atoms with Gasteiger partial charge in [-0.2, -0.15) is 0 Å². The lowest BCUT2D eigenvalue weighted by molar-refractivity contribution is -0.870. The van der Waals surface area contributed by atoms with Crippen LogP contribution >= 0.6 is 0 Å². The van der Waals surface area contributed by atoms with Crippen LogP contribution in [-0.4, -0.2) is 87.4 Å². The molecule has 9 nitrogen and oxygen atoms in total. The number of carbonyl (C=O) groups is 3. The first-order valence-electron chi connectivity index (χ1n) is 33.1. The maximum atomic E-state index is 12.9. The lowest BCUT2D eigenvalue weighted by atomic mass is 10.0. The number of unbranched alkanes of at least 4 members (excludes halogenated alkanes) is 34. The van der Waals surface area contributed by atoms with E-state index in [2.05, 4.69) is 86.8 Å². The van der Waals surface area contributed by atoms with E-state index >= 15 is 0 Å². The topological polar surface area (TPSA) is 108 Å². The van der Waals surface area contributed by atoms with Crippen molar-refractivity contribution in [3.05, 3.63) is 72.9 Å². The van der Waals surface area contributed by atoms with E-state index in [0.717, 1.165) is 96.3 Å². The Morgan fingerprint density at radius 1 is 0.392 bits per heavy atom. The number of hydrogen-bond donors (Lipinski definition) is 1. The quantitative estimate of drug-likeness (QED) is 0.0211. The van der Waals surface area contributed by atoms with Crippen molar-refractivity contribution in [1.82, 2.24) is 0 Å². The molecule has 0 aromatic heterocycles. The van der Waals surface area contributed by atoms with Crippen LogP contribution < -0.4 is 0 Å². The van der Waals surface area contributed by atoms with Gasteiger partial charge >= 0.3 is 17.9 Å². The molecular weight excluding hydrogens is 983 g/mol. The van der Waals surface area contributed by atoms with E-state index in [-0.39, 0.29) is 32.2 Å². The van der Waals surface area contributed by atoms with Crippen molar-refractivity contribution in [2.75, 3.05) is 47.5 Å². The molecule has 2 unspecified atom stereocenters. The van der Waals surface area contributed by atoms with Crippen LogP contribution in [0.5, 0.6) is 0 Å². The molecule has 0 radical (unpaired) electrons. The summed E-state index contributed by atoms with van der Waals surface area (Å²) in [6.45, 7) is 4.78. The number of rotatable bonds is 61. The second kappa shape index (κ2) is 60.8. The number of aliphatic carboxylic acids is 1. The van der Waals surface area contributed by atoms with Crippen LogP contribution in [0.3, 0.4) is 0 Å². The van der Waals surface area contributed by atoms with Crippen molar-refractivity contribution in [2.24, 2.45) is 0 Å². The predicted octanol–water partition coefficient (Wildman–Crippen LogP) is 20.1. The van der Waals surface area contributed by atoms with Gasteiger partial charge in [-0.1, -0.05) is 292 Å². The zero-order valence-corrected chi connectivity index (χ0v) is 52.3. The molecule has 0 saturated heterocycles. The van der Waals surface area contributed by atoms with Gasteiger partial charge in [-0.05, 0) is 64.2 Å². The second-order valence-corrected chi connectivity index (χ2v) is 23.4. The number of hydrogen-bond acceptors (Lipinski definition) is 7. The van der Waals surface area contributed by atoms with Crippen molar-refractivity contribution in [2.45, 2.75) is 309 Å². The number of carboxylic acid groups (broad SMARTS) is 1. The van der Waals surface area contributed by atoms with Crippen molar-refractivity contribution >= 4 is 17.9 Å². The number of likely N-dealkylation sites (N-methyl/N-ethyl adjacent to an activating group) is 1. The van der Waals surface area contributed by atoms with Crippen LogP contribution in [0, 0.1) is 0 Å². The molecule has 9 heteroatoms. The fraction of sp³-hybridized carbons (Fsp3) is 0.786. The zero-order valence-electron chi connectivity index (χ0n) is 52.3. The third-order valence-corrected chi connectivity index (χ3v) is 14.5. The summed E-state index contributed by atoms with van der Waals surface area (Å²) in [5.74, 6) is -2.01. The molecule has 0 aliphatic rings. The van der Waals surface area contributed by atoms with Gasteiger partial charge in [0, 0.05) is 12.8 Å². The van der Waals surface area contributed by atoms with Crippen molar-refractivity contribution in [1.29, 1.82) is 0 Å². The maximum Gasteiger partial charge on any atom is 0.361 e. The number of carbonyl (C=O) groups excluding carboxylic acids is 2. The summed E-state index contributed by atoms with van der Waals surface area (Å²) in [6, 6.07) is 0. The molecular formula is C70H126NO8+. The van der Waals surface area contributed by atoms with Crippen LogP contribution in [0.4, 0.5) is 0 Å². The molecule has 0 saturated carbocycles. The summed E-state index contributed by atoms with van der Waals surface area (Å²) in [4.78, 5) is 37.6. The van der Waals surface area contributed by atoms with Gasteiger partial charge in [-0.3, -0.25) is 9.59 Å². The predicted molar refractivity (Wildman–Crippen MR) is 336 cm³/mol. The molecule has 0 aliphatic carbocycles. The van der Waals surface area contributed by atoms with E-state index in [1.54, 1.807) is 0 Å². The number of allylic oxidation sites excluding steroid dienone is 12. The Balaban J connectivity index is 4.16. The van der Waals surface area contributed by atoms with Gasteiger partial charge in [-0.25, -0.2) is 4.79 Å². The Kier molecular flexibility index (Phi) is 58.3. The van der Waals surface area contributed by atoms with Gasteiger partial charge in [0.15, 0.2) is 6.10 Å². The molecule has 2 atom stereocenters. The van der Waals surface area contributed by atoms with Crippen LogP contribution in [0.1, 0.15) is 296 Å². The molecule has 1 N–H and O–H groups in total. The zero-order chi connectivity index (χ0) is 57.6. The molecule has 0 bridgehead atoms. The van der Waals surface area contributed by atoms with E-state index in [4.69, 9.17) is 18.9 Å². The van der Waals surface area contributed by atoms with Crippen LogP contribution in [-0.2, 0) is 33.3 Å². The highest BCUT2D eigenvalue weighted by molar-refractivity contribution is 5.71. The molecule has 79 heavy (non-hydrogen) atoms. The smallest absolute Gasteiger partial charge is 0.361 e. The Bertz CT molecular complexity index is 1520. The highest BCUT2D eigenvalue weighted by Crippen LogP contribution is 2.18. The molecule has 0 amide bonds. The van der Waals surface area contributed by atoms with E-state index in [1.807, 2.05) is 21.1 Å². The average Bonchev–Trinajstić information content (AvgIpc) is 3.42. The molecule has 0 aliphatic heterocycles. The SMILES string of the molecule is CC/C=C\C/C=C\C/C=C\C/C=C\C/C=C\C/C=C\CCCCCCCCC(=O)OC(COC(=O)CCCCCCCCCCCCCCCCCCCCCCCCCCCCCCC)COC(OCC[N+](C)(C)C)C(=O)O. The number of carboxylic acids is 1. The van der Waals surface area contributed by atoms with E-state index in [0.29, 0.717) is 23.9 Å². The minimum Gasteiger partial charge on any atom is -0.477 e. The van der Waals surface area contributed by atoms with Gasteiger partial charge in [0.2, 0.25) is 0 Å². The first-order chi connectivity index (χ1) is 38.6. The molecule has 0 rings (SSSR count). The monoisotopic (exact) mass is 1110 g/mol. The molecule has 0 heterocycles. The van der Waals surface area contributed by atoms with Gasteiger partial charge in [0.05, 0.1) is 34.4 Å². The summed E-state index contributed by atoms with van der Waals surface area (Å²) >= 11 is 0. The van der Waals surface area contributed by atoms with Crippen molar-refractivity contribution < 1.29 is 42.9 Å². The summed E-state index contributed by atoms with van der Waals surface area (Å²) in [7, 11) is 5.97. The third-order valence-electron chi connectivity index (χ3n) is 14.5. The average molecular weight is 1110 g/mol. The van der Waals surface area contributed by atoms with Crippen molar-refractivity contribution in [3.63, 3.8) is 0 Å². The molecule has 0 aromatic carbocycles. The van der Waals surface area contributed by atoms with E-state index in [1.165, 1.54) is 167 Å². The number of quaternary nitrogens is 1. The summed E-state index contributed by atoms with van der Waals surface area (Å²) < 4.78 is 22.9. The number of ether oxygens (including phenoxy) is 4. The molecule has 0 spiro atoms. The minimum absolute atomic E-state index is 0.183. The molecule has 0 aromatic rings. The summed E-state index contributed by atoms with van der Waals surface area (Å²) in [5.41, 5.74) is 0. The Hall–Kier alpha value is -3.27. The maximum absolute atomic E-state index is 12.9. The Labute approximate surface area is 487 Å². The first-order valence-corrected chi connectivity index (χ1v) is 33.1. The highest BCUT2D eigenvalue weighted by Gasteiger charge is 2.25. The van der Waals surface area contributed by atoms with Gasteiger partial charge in [0.25, 0.3) is 6.29 Å². The first kappa shape index (κ1) is 75.7. The normalized spacial score (nSPS) is 13.2. The fourth-order valence-corrected chi connectivity index (χ4v) is 9.43. The highest BCUT2D eigenvalue weighted by atomic mass is 16.7. The summed E-state index contributed by atoms with van der Waals surface area (Å²) in [5, 5.41) is 9.73. The second-order valence-electron chi connectivity index (χ2n) is 23.4. The largest absolute Gasteiger partial charge is 0.477 e. The number of nitrogens with zero attached hydrogens (tertiary/aromatic N) is 1. The Morgan fingerprint density at radius 2 is 0.722 bits per heavy atom. The minimum atomic E-state index is -1.52. The Morgan fingerprint density at radius 3 is 1.08 bits per heavy atom. The lowest BCUT2D eigenvalue weighted by Crippen LogP contribution is -2.40. The standard InChI is InChI=1S/C70H125NO8/c1-6-8-10-12-14-16-18-20-22-24-26-28-30-32-33-34-35-37-38-40-42-44-46-48-50-52-54-56-58-60-67(72)77-64-66(65-78-70(69(74)75)76-63-62-71(3,4)5)79-68(73)61-59-57-55-53-51-49-47-45-43-41-39-36-31-29-27-25-23-21-19-17-15-13-11-9-7-2/h9,11,15,17,21,23,27,29,36,39,43,45,66,70H,6-8,10,12-14,16,18-20,22,24-26,28,30-35,37-38,40-42,44,46-65H2,1-5H3/p+1/b11-9-,17-15-,23-21-,29-27-,39-36-,45-43-. The van der Waals surface area contributed by atoms with Crippen LogP contribution in [0.15, 0.2) is 72.9 Å². The van der Waals surface area contributed by atoms with Gasteiger partial charge in [-0.15, -0.1) is 0 Å². The van der Waals surface area contributed by atoms with E-state index < -0.39 is 24.3 Å². The van der Waals surface area contributed by atoms with Crippen molar-refractivity contribution in [3.8, 4) is 0 Å². The van der Waals surface area contributed by atoms with Gasteiger partial charge < -0.3 is 28.5 Å². The molecule has 458 valence electrons. The van der Waals surface area contributed by atoms with E-state index in [9.17, 15) is 19.5 Å². The van der Waals surface area contributed by atoms with Gasteiger partial charge in [0.1, 0.15) is 13.2 Å². The lowest BCUT2D eigenvalue weighted by Gasteiger charge is -2.25. The summed E-state index contributed by atoms with van der Waals surface area (Å²) in [6.07, 6.45) is 77.2. The fourth-order valence-electron chi connectivity index (χ4n) is 9.43.